The molecular formula is C28H21BrO8. The molecule has 0 amide bonds. The van der Waals surface area contributed by atoms with Crippen LogP contribution in [-0.4, -0.2) is 33.1 Å². The van der Waals surface area contributed by atoms with E-state index < -0.39 is 5.97 Å². The first-order valence-corrected chi connectivity index (χ1v) is 11.9. The minimum atomic E-state index is -0.662. The van der Waals surface area contributed by atoms with Gasteiger partial charge in [-0.15, -0.1) is 0 Å². The summed E-state index contributed by atoms with van der Waals surface area (Å²) in [7, 11) is 4.52. The van der Waals surface area contributed by atoms with Gasteiger partial charge in [0.05, 0.1) is 26.9 Å². The van der Waals surface area contributed by atoms with E-state index in [0.29, 0.717) is 45.3 Å². The lowest BCUT2D eigenvalue weighted by Gasteiger charge is -2.14. The number of carbonyl (C=O) groups excluding carboxylic acids is 2. The van der Waals surface area contributed by atoms with Gasteiger partial charge < -0.3 is 28.1 Å². The van der Waals surface area contributed by atoms with Crippen LogP contribution in [0.1, 0.15) is 32.0 Å². The maximum absolute atomic E-state index is 13.1. The summed E-state index contributed by atoms with van der Waals surface area (Å²) in [6, 6.07) is 13.6. The number of ketones is 1. The number of Topliss-reactive ketones (excluding diaryl/α,β-unsaturated/α-hetero) is 1. The van der Waals surface area contributed by atoms with Crippen molar-refractivity contribution < 1.29 is 37.7 Å². The fourth-order valence-corrected chi connectivity index (χ4v) is 4.50. The van der Waals surface area contributed by atoms with Gasteiger partial charge in [0.15, 0.2) is 17.3 Å². The number of methoxy groups -OCH3 is 3. The quantitative estimate of drug-likeness (QED) is 0.151. The van der Waals surface area contributed by atoms with Crippen molar-refractivity contribution in [1.29, 1.82) is 0 Å². The summed E-state index contributed by atoms with van der Waals surface area (Å²) in [6.07, 6.45) is 1.57. The highest BCUT2D eigenvalue weighted by molar-refractivity contribution is 9.10. The molecule has 188 valence electrons. The topological polar surface area (TPSA) is 93.4 Å². The molecule has 0 fully saturated rings. The number of halogens is 1. The Labute approximate surface area is 220 Å². The van der Waals surface area contributed by atoms with E-state index in [0.717, 1.165) is 9.86 Å². The predicted octanol–water partition coefficient (Wildman–Crippen LogP) is 6.36. The molecule has 0 N–H and O–H groups in total. The third kappa shape index (κ3) is 4.31. The molecule has 0 atom stereocenters. The molecule has 0 saturated heterocycles. The number of fused-ring (bicyclic) bond motifs is 2. The molecule has 0 radical (unpaired) electrons. The second kappa shape index (κ2) is 9.67. The molecule has 9 heteroatoms. The fourth-order valence-electron chi connectivity index (χ4n) is 4.12. The monoisotopic (exact) mass is 564 g/mol. The number of furan rings is 1. The zero-order chi connectivity index (χ0) is 26.3. The Morgan fingerprint density at radius 1 is 0.919 bits per heavy atom. The van der Waals surface area contributed by atoms with Crippen LogP contribution in [0.3, 0.4) is 0 Å². The van der Waals surface area contributed by atoms with Crippen LogP contribution in [0.25, 0.3) is 17.0 Å². The van der Waals surface area contributed by atoms with Gasteiger partial charge in [0.1, 0.15) is 17.1 Å². The first kappa shape index (κ1) is 24.5. The summed E-state index contributed by atoms with van der Waals surface area (Å²) < 4.78 is 34.3. The first-order valence-electron chi connectivity index (χ1n) is 11.1. The van der Waals surface area contributed by atoms with Crippen molar-refractivity contribution in [1.82, 2.24) is 0 Å². The van der Waals surface area contributed by atoms with Crippen molar-refractivity contribution >= 4 is 44.7 Å². The van der Waals surface area contributed by atoms with E-state index in [1.54, 1.807) is 49.4 Å². The van der Waals surface area contributed by atoms with Gasteiger partial charge in [-0.25, -0.2) is 4.79 Å². The van der Waals surface area contributed by atoms with Gasteiger partial charge in [-0.05, 0) is 61.5 Å². The van der Waals surface area contributed by atoms with Crippen molar-refractivity contribution in [3.63, 3.8) is 0 Å². The molecular weight excluding hydrogens is 544 g/mol. The molecule has 0 bridgehead atoms. The fraction of sp³-hybridized carbons (Fsp3) is 0.143. The average molecular weight is 565 g/mol. The van der Waals surface area contributed by atoms with Gasteiger partial charge in [-0.2, -0.15) is 0 Å². The van der Waals surface area contributed by atoms with Crippen LogP contribution < -0.4 is 23.7 Å². The van der Waals surface area contributed by atoms with Crippen LogP contribution in [0.2, 0.25) is 0 Å². The van der Waals surface area contributed by atoms with Gasteiger partial charge in [0.25, 0.3) is 0 Å². The van der Waals surface area contributed by atoms with Gasteiger partial charge in [0, 0.05) is 21.0 Å². The number of hydrogen-bond acceptors (Lipinski definition) is 8. The molecule has 1 aromatic heterocycles. The smallest absolute Gasteiger partial charge is 0.379 e. The molecule has 4 aromatic rings. The molecule has 5 rings (SSSR count). The van der Waals surface area contributed by atoms with Crippen LogP contribution >= 0.6 is 15.9 Å². The van der Waals surface area contributed by atoms with Crippen molar-refractivity contribution in [3.8, 4) is 28.7 Å². The highest BCUT2D eigenvalue weighted by Gasteiger charge is 2.31. The maximum Gasteiger partial charge on any atom is 0.379 e. The third-order valence-electron chi connectivity index (χ3n) is 5.94. The average Bonchev–Trinajstić information content (AvgIpc) is 3.46. The second-order valence-electron chi connectivity index (χ2n) is 8.11. The van der Waals surface area contributed by atoms with E-state index in [4.69, 9.17) is 28.1 Å². The van der Waals surface area contributed by atoms with Crippen LogP contribution in [0.4, 0.5) is 0 Å². The van der Waals surface area contributed by atoms with Crippen LogP contribution in [0.5, 0.6) is 28.7 Å². The molecule has 2 heterocycles. The molecule has 0 saturated carbocycles. The largest absolute Gasteiger partial charge is 0.493 e. The van der Waals surface area contributed by atoms with Gasteiger partial charge in [0.2, 0.25) is 17.3 Å². The summed E-state index contributed by atoms with van der Waals surface area (Å²) in [5.41, 5.74) is 1.99. The number of allylic oxidation sites excluding steroid dienone is 1. The van der Waals surface area contributed by atoms with Crippen LogP contribution in [0, 0.1) is 6.92 Å². The Hall–Kier alpha value is -4.24. The Bertz CT molecular complexity index is 1600. The number of rotatable bonds is 6. The van der Waals surface area contributed by atoms with E-state index in [1.807, 2.05) is 12.1 Å². The Kier molecular flexibility index (Phi) is 6.39. The Balaban J connectivity index is 1.44. The number of hydrogen-bond donors (Lipinski definition) is 0. The van der Waals surface area contributed by atoms with Crippen molar-refractivity contribution in [2.45, 2.75) is 6.92 Å². The minimum absolute atomic E-state index is 0.0612. The number of carbonyl (C=O) groups is 2. The van der Waals surface area contributed by atoms with E-state index >= 15 is 0 Å². The standard InChI is InChI=1S/C28H21BrO8/c1-14-19(37-28(31)23-13-16-11-17(29)6-9-20(16)35-23)10-7-18-24(30)22(36-25(14)18)12-15-5-8-21(32-2)27(34-4)26(15)33-3/h5-13H,1-4H3/b22-12-. The highest BCUT2D eigenvalue weighted by Crippen LogP contribution is 2.43. The zero-order valence-corrected chi connectivity index (χ0v) is 21.9. The summed E-state index contributed by atoms with van der Waals surface area (Å²) in [4.78, 5) is 25.9. The molecule has 0 aliphatic carbocycles. The number of esters is 1. The maximum atomic E-state index is 13.1. The molecule has 1 aliphatic rings. The van der Waals surface area contributed by atoms with Crippen LogP contribution in [0.15, 0.2) is 63.2 Å². The van der Waals surface area contributed by atoms with Crippen molar-refractivity contribution in [2.24, 2.45) is 0 Å². The molecule has 8 nitrogen and oxygen atoms in total. The lowest BCUT2D eigenvalue weighted by molar-refractivity contribution is 0.0702. The number of benzene rings is 3. The predicted molar refractivity (Wildman–Crippen MR) is 139 cm³/mol. The lowest BCUT2D eigenvalue weighted by atomic mass is 10.1. The van der Waals surface area contributed by atoms with E-state index in [1.165, 1.54) is 21.3 Å². The highest BCUT2D eigenvalue weighted by atomic mass is 79.9. The van der Waals surface area contributed by atoms with E-state index in [2.05, 4.69) is 15.9 Å². The zero-order valence-electron chi connectivity index (χ0n) is 20.3. The molecule has 3 aromatic carbocycles. The SMILES string of the molecule is COc1ccc(/C=C2\Oc3c(ccc(OC(=O)c4cc5cc(Br)ccc5o4)c3C)C2=O)c(OC)c1OC. The second-order valence-corrected chi connectivity index (χ2v) is 9.03. The minimum Gasteiger partial charge on any atom is -0.493 e. The van der Waals surface area contributed by atoms with Crippen molar-refractivity contribution in [3.05, 3.63) is 81.2 Å². The van der Waals surface area contributed by atoms with E-state index in [9.17, 15) is 9.59 Å². The van der Waals surface area contributed by atoms with Gasteiger partial charge >= 0.3 is 5.97 Å². The molecule has 37 heavy (non-hydrogen) atoms. The Morgan fingerprint density at radius 2 is 1.68 bits per heavy atom. The molecule has 1 aliphatic heterocycles. The molecule has 0 spiro atoms. The Morgan fingerprint density at radius 3 is 2.41 bits per heavy atom. The summed E-state index contributed by atoms with van der Waals surface area (Å²) >= 11 is 3.40. The summed E-state index contributed by atoms with van der Waals surface area (Å²) in [6.45, 7) is 1.71. The summed E-state index contributed by atoms with van der Waals surface area (Å²) in [5, 5.41) is 0.765. The lowest BCUT2D eigenvalue weighted by Crippen LogP contribution is -2.08. The van der Waals surface area contributed by atoms with Gasteiger partial charge in [-0.3, -0.25) is 4.79 Å². The third-order valence-corrected chi connectivity index (χ3v) is 6.43. The van der Waals surface area contributed by atoms with E-state index in [-0.39, 0.29) is 23.1 Å². The van der Waals surface area contributed by atoms with Gasteiger partial charge in [-0.1, -0.05) is 15.9 Å². The van der Waals surface area contributed by atoms with Crippen molar-refractivity contribution in [2.75, 3.05) is 21.3 Å². The number of ether oxygens (including phenoxy) is 5. The first-order chi connectivity index (χ1) is 17.8. The summed E-state index contributed by atoms with van der Waals surface area (Å²) in [5.74, 6) is 1.03. The molecule has 0 unspecified atom stereocenters. The normalized spacial score (nSPS) is 13.4. The van der Waals surface area contributed by atoms with Crippen LogP contribution in [-0.2, 0) is 0 Å².